The number of aromatic nitrogens is 2. The zero-order valence-corrected chi connectivity index (χ0v) is 8.20. The molecule has 1 amide bonds. The molecule has 0 aromatic carbocycles. The van der Waals surface area contributed by atoms with E-state index in [1.165, 1.54) is 10.9 Å². The van der Waals surface area contributed by atoms with Gasteiger partial charge in [0.05, 0.1) is 12.2 Å². The van der Waals surface area contributed by atoms with Gasteiger partial charge in [-0.1, -0.05) is 0 Å². The first-order chi connectivity index (χ1) is 7.04. The van der Waals surface area contributed by atoms with Gasteiger partial charge in [0.1, 0.15) is 0 Å². The zero-order chi connectivity index (χ0) is 11.4. The summed E-state index contributed by atoms with van der Waals surface area (Å²) in [6, 6.07) is 0. The number of anilines is 1. The Bertz CT molecular complexity index is 350. The van der Waals surface area contributed by atoms with Crippen LogP contribution in [0.5, 0.6) is 0 Å². The molecule has 0 aliphatic heterocycles. The number of nitrogen functional groups attached to an aromatic ring is 1. The number of nitrogens with zero attached hydrogens (tertiary/aromatic N) is 2. The van der Waals surface area contributed by atoms with Crippen LogP contribution in [-0.4, -0.2) is 28.7 Å². The topological polar surface area (TPSA) is 72.9 Å². The Morgan fingerprint density at radius 1 is 1.73 bits per heavy atom. The maximum absolute atomic E-state index is 11.8. The highest BCUT2D eigenvalue weighted by molar-refractivity contribution is 5.96. The van der Waals surface area contributed by atoms with Gasteiger partial charge in [0.2, 0.25) is 0 Å². The smallest absolute Gasteiger partial charge is 0.274 e. The molecule has 84 valence electrons. The van der Waals surface area contributed by atoms with Crippen molar-refractivity contribution in [2.75, 3.05) is 12.3 Å². The molecule has 0 radical (unpaired) electrons. The minimum absolute atomic E-state index is 0.0162. The fourth-order valence-corrected chi connectivity index (χ4v) is 1.03. The molecule has 5 nitrogen and oxygen atoms in total. The molecule has 0 aliphatic carbocycles. The van der Waals surface area contributed by atoms with E-state index in [1.807, 2.05) is 12.2 Å². The summed E-state index contributed by atoms with van der Waals surface area (Å²) in [4.78, 5) is 11.3. The van der Waals surface area contributed by atoms with Crippen molar-refractivity contribution < 1.29 is 13.6 Å². The highest BCUT2D eigenvalue weighted by Gasteiger charge is 2.15. The van der Waals surface area contributed by atoms with Crippen LogP contribution in [0.3, 0.4) is 0 Å². The van der Waals surface area contributed by atoms with Gasteiger partial charge in [-0.15, -0.1) is 0 Å². The number of alkyl halides is 2. The number of nitrogens with two attached hydrogens (primary N) is 1. The Hall–Kier alpha value is -1.66. The van der Waals surface area contributed by atoms with Crippen molar-refractivity contribution in [3.05, 3.63) is 11.9 Å². The Labute approximate surface area is 85.2 Å². The number of carbonyl (C=O) groups excluding carboxylic acids is 1. The number of carbonyl (C=O) groups is 1. The maximum atomic E-state index is 11.8. The van der Waals surface area contributed by atoms with E-state index in [1.54, 1.807) is 0 Å². The molecule has 0 unspecified atom stereocenters. The third-order valence-electron chi connectivity index (χ3n) is 1.75. The highest BCUT2D eigenvalue weighted by Crippen LogP contribution is 2.08. The van der Waals surface area contributed by atoms with E-state index in [-0.39, 0.29) is 11.4 Å². The molecule has 1 heterocycles. The Kier molecular flexibility index (Phi) is 3.59. The Balaban J connectivity index is 2.68. The van der Waals surface area contributed by atoms with Crippen LogP contribution in [-0.2, 0) is 6.54 Å². The lowest BCUT2D eigenvalue weighted by Crippen LogP contribution is -2.29. The third-order valence-corrected chi connectivity index (χ3v) is 1.75. The lowest BCUT2D eigenvalue weighted by atomic mass is 10.3. The first-order valence-corrected chi connectivity index (χ1v) is 4.43. The summed E-state index contributed by atoms with van der Waals surface area (Å²) in [6.07, 6.45) is -1.10. The molecular formula is C8H12F2N4O. The molecule has 0 atom stereocenters. The summed E-state index contributed by atoms with van der Waals surface area (Å²) in [5.74, 6) is -0.681. The van der Waals surface area contributed by atoms with Crippen LogP contribution < -0.4 is 11.1 Å². The second-order valence-corrected chi connectivity index (χ2v) is 2.89. The number of hydrogen-bond donors (Lipinski definition) is 2. The van der Waals surface area contributed by atoms with Gasteiger partial charge in [-0.05, 0) is 6.92 Å². The molecule has 0 bridgehead atoms. The molecule has 15 heavy (non-hydrogen) atoms. The van der Waals surface area contributed by atoms with E-state index in [9.17, 15) is 13.6 Å². The third kappa shape index (κ3) is 2.90. The van der Waals surface area contributed by atoms with Crippen molar-refractivity contribution in [2.24, 2.45) is 0 Å². The minimum atomic E-state index is -2.58. The summed E-state index contributed by atoms with van der Waals surface area (Å²) >= 11 is 0. The van der Waals surface area contributed by atoms with E-state index < -0.39 is 18.9 Å². The molecule has 1 rings (SSSR count). The van der Waals surface area contributed by atoms with Crippen LogP contribution in [0.2, 0.25) is 0 Å². The molecule has 0 fully saturated rings. The van der Waals surface area contributed by atoms with E-state index >= 15 is 0 Å². The second-order valence-electron chi connectivity index (χ2n) is 2.89. The van der Waals surface area contributed by atoms with Crippen molar-refractivity contribution in [1.29, 1.82) is 0 Å². The molecule has 0 saturated heterocycles. The molecular weight excluding hydrogens is 206 g/mol. The second kappa shape index (κ2) is 4.72. The maximum Gasteiger partial charge on any atom is 0.274 e. The predicted octanol–water partition coefficient (Wildman–Crippen LogP) is 0.480. The van der Waals surface area contributed by atoms with E-state index in [0.717, 1.165) is 0 Å². The highest BCUT2D eigenvalue weighted by atomic mass is 19.3. The van der Waals surface area contributed by atoms with Gasteiger partial charge in [-0.2, -0.15) is 5.10 Å². The molecule has 1 aromatic heterocycles. The lowest BCUT2D eigenvalue weighted by molar-refractivity contribution is 0.0887. The summed E-state index contributed by atoms with van der Waals surface area (Å²) in [5.41, 5.74) is 5.66. The quantitative estimate of drug-likeness (QED) is 0.772. The monoisotopic (exact) mass is 218 g/mol. The molecule has 0 spiro atoms. The van der Waals surface area contributed by atoms with Crippen molar-refractivity contribution >= 4 is 11.6 Å². The predicted molar refractivity (Wildman–Crippen MR) is 50.7 cm³/mol. The van der Waals surface area contributed by atoms with E-state index in [4.69, 9.17) is 5.73 Å². The number of aryl methyl sites for hydroxylation is 1. The summed E-state index contributed by atoms with van der Waals surface area (Å²) in [5, 5.41) is 5.87. The van der Waals surface area contributed by atoms with Crippen LogP contribution in [0.25, 0.3) is 0 Å². The summed E-state index contributed by atoms with van der Waals surface area (Å²) in [7, 11) is 0. The fraction of sp³-hybridized carbons (Fsp3) is 0.500. The van der Waals surface area contributed by atoms with Gasteiger partial charge in [-0.3, -0.25) is 9.48 Å². The van der Waals surface area contributed by atoms with E-state index in [0.29, 0.717) is 6.54 Å². The molecule has 0 aliphatic rings. The van der Waals surface area contributed by atoms with Crippen LogP contribution >= 0.6 is 0 Å². The van der Waals surface area contributed by atoms with Crippen LogP contribution in [0.4, 0.5) is 14.5 Å². The normalized spacial score (nSPS) is 10.7. The van der Waals surface area contributed by atoms with Crippen molar-refractivity contribution in [1.82, 2.24) is 15.1 Å². The SMILES string of the molecule is CCn1cc(N)c(C(=O)NCC(F)F)n1. The van der Waals surface area contributed by atoms with Crippen molar-refractivity contribution in [3.8, 4) is 0 Å². The molecule has 7 heteroatoms. The molecule has 3 N–H and O–H groups in total. The van der Waals surface area contributed by atoms with Crippen molar-refractivity contribution in [3.63, 3.8) is 0 Å². The zero-order valence-electron chi connectivity index (χ0n) is 8.20. The lowest BCUT2D eigenvalue weighted by Gasteiger charge is -2.01. The number of halogens is 2. The van der Waals surface area contributed by atoms with Gasteiger partial charge >= 0.3 is 0 Å². The first kappa shape index (κ1) is 11.4. The summed E-state index contributed by atoms with van der Waals surface area (Å²) < 4.78 is 25.1. The van der Waals surface area contributed by atoms with Gasteiger partial charge in [0.25, 0.3) is 12.3 Å². The standard InChI is InChI=1S/C8H12F2N4O/c1-2-14-4-5(11)7(13-14)8(15)12-3-6(9)10/h4,6H,2-3,11H2,1H3,(H,12,15). The number of hydrogen-bond acceptors (Lipinski definition) is 3. The Morgan fingerprint density at radius 2 is 2.40 bits per heavy atom. The average Bonchev–Trinajstić information content (AvgIpc) is 2.56. The average molecular weight is 218 g/mol. The van der Waals surface area contributed by atoms with Crippen LogP contribution in [0, 0.1) is 0 Å². The molecule has 1 aromatic rings. The number of rotatable bonds is 4. The Morgan fingerprint density at radius 3 is 2.87 bits per heavy atom. The van der Waals surface area contributed by atoms with Gasteiger partial charge in [-0.25, -0.2) is 8.78 Å². The molecule has 0 saturated carbocycles. The summed E-state index contributed by atoms with van der Waals surface area (Å²) in [6.45, 7) is 1.69. The van der Waals surface area contributed by atoms with Gasteiger partial charge in [0, 0.05) is 12.7 Å². The van der Waals surface area contributed by atoms with E-state index in [2.05, 4.69) is 5.10 Å². The first-order valence-electron chi connectivity index (χ1n) is 4.43. The van der Waals surface area contributed by atoms with Crippen molar-refractivity contribution in [2.45, 2.75) is 19.9 Å². The minimum Gasteiger partial charge on any atom is -0.396 e. The van der Waals surface area contributed by atoms with Crippen LogP contribution in [0.15, 0.2) is 6.20 Å². The fourth-order valence-electron chi connectivity index (χ4n) is 1.03. The van der Waals surface area contributed by atoms with Gasteiger partial charge < -0.3 is 11.1 Å². The van der Waals surface area contributed by atoms with Crippen LogP contribution in [0.1, 0.15) is 17.4 Å². The largest absolute Gasteiger partial charge is 0.396 e. The number of nitrogens with one attached hydrogen (secondary N) is 1. The number of amides is 1. The van der Waals surface area contributed by atoms with Gasteiger partial charge in [0.15, 0.2) is 5.69 Å².